The van der Waals surface area contributed by atoms with Gasteiger partial charge in [-0.2, -0.15) is 0 Å². The van der Waals surface area contributed by atoms with E-state index < -0.39 is 29.5 Å². The minimum Gasteiger partial charge on any atom is -0.478 e. The fraction of sp³-hybridized carbons (Fsp3) is 0.789. The standard InChI is InChI=1S/C19H33NO5/c1-9-13(16(21)22)11-15-14(10-12(2)3)20(19(7,8)24-15)17(23)25-18(4,5)6/h11-12,14-15H,9-10H2,1-8H3,(H,21,22)/t14-,15-/m0/s1. The first-order chi connectivity index (χ1) is 11.3. The predicted octanol–water partition coefficient (Wildman–Crippen LogP) is 4.19. The van der Waals surface area contributed by atoms with E-state index in [9.17, 15) is 14.7 Å². The molecule has 0 aromatic carbocycles. The van der Waals surface area contributed by atoms with E-state index in [4.69, 9.17) is 9.47 Å². The molecule has 1 aliphatic rings. The van der Waals surface area contributed by atoms with Crippen LogP contribution in [0.2, 0.25) is 0 Å². The maximum absolute atomic E-state index is 12.8. The first kappa shape index (κ1) is 21.5. The number of nitrogens with zero attached hydrogens (tertiary/aromatic N) is 1. The van der Waals surface area contributed by atoms with Crippen molar-refractivity contribution >= 4 is 12.1 Å². The molecule has 1 heterocycles. The van der Waals surface area contributed by atoms with Gasteiger partial charge in [-0.3, -0.25) is 4.90 Å². The monoisotopic (exact) mass is 355 g/mol. The third kappa shape index (κ3) is 5.73. The van der Waals surface area contributed by atoms with Crippen LogP contribution in [0.15, 0.2) is 11.6 Å². The SMILES string of the molecule is CCC(=C[C@@H]1OC(C)(C)N(C(=O)OC(C)(C)C)[C@H]1CC(C)C)C(=O)O. The van der Waals surface area contributed by atoms with Crippen LogP contribution in [0.3, 0.4) is 0 Å². The minimum absolute atomic E-state index is 0.272. The summed E-state index contributed by atoms with van der Waals surface area (Å²) in [7, 11) is 0. The van der Waals surface area contributed by atoms with Gasteiger partial charge < -0.3 is 14.6 Å². The van der Waals surface area contributed by atoms with E-state index in [1.807, 2.05) is 34.6 Å². The fourth-order valence-electron chi connectivity index (χ4n) is 3.09. The van der Waals surface area contributed by atoms with Crippen molar-refractivity contribution in [1.82, 2.24) is 4.90 Å². The molecule has 0 unspecified atom stereocenters. The second kappa shape index (κ2) is 7.77. The first-order valence-electron chi connectivity index (χ1n) is 8.92. The number of amides is 1. The summed E-state index contributed by atoms with van der Waals surface area (Å²) in [6, 6.07) is -0.272. The lowest BCUT2D eigenvalue weighted by atomic mass is 9.96. The Kier molecular flexibility index (Phi) is 6.68. The summed E-state index contributed by atoms with van der Waals surface area (Å²) >= 11 is 0. The Hall–Kier alpha value is -1.56. The van der Waals surface area contributed by atoms with Crippen LogP contribution in [0, 0.1) is 5.92 Å². The number of carboxylic acid groups (broad SMARTS) is 1. The second-order valence-electron chi connectivity index (χ2n) is 8.43. The molecule has 1 rings (SSSR count). The highest BCUT2D eigenvalue weighted by molar-refractivity contribution is 5.86. The van der Waals surface area contributed by atoms with Crippen LogP contribution in [0.1, 0.15) is 68.2 Å². The van der Waals surface area contributed by atoms with Gasteiger partial charge in [0.15, 0.2) is 0 Å². The van der Waals surface area contributed by atoms with Crippen LogP contribution in [0.4, 0.5) is 4.79 Å². The molecular formula is C19H33NO5. The molecule has 1 N–H and O–H groups in total. The molecule has 0 aromatic heterocycles. The summed E-state index contributed by atoms with van der Waals surface area (Å²) in [5, 5.41) is 9.33. The van der Waals surface area contributed by atoms with Crippen LogP contribution < -0.4 is 0 Å². The number of hydrogen-bond acceptors (Lipinski definition) is 4. The number of carbonyl (C=O) groups is 2. The molecule has 6 heteroatoms. The summed E-state index contributed by atoms with van der Waals surface area (Å²) in [5.74, 6) is -0.638. The predicted molar refractivity (Wildman–Crippen MR) is 96.3 cm³/mol. The largest absolute Gasteiger partial charge is 0.478 e. The van der Waals surface area contributed by atoms with Crippen LogP contribution in [0.5, 0.6) is 0 Å². The van der Waals surface area contributed by atoms with Gasteiger partial charge >= 0.3 is 12.1 Å². The van der Waals surface area contributed by atoms with E-state index in [1.54, 1.807) is 17.9 Å². The zero-order valence-electron chi connectivity index (χ0n) is 16.8. The second-order valence-corrected chi connectivity index (χ2v) is 8.43. The highest BCUT2D eigenvalue weighted by atomic mass is 16.6. The molecule has 0 spiro atoms. The van der Waals surface area contributed by atoms with E-state index in [1.165, 1.54) is 0 Å². The summed E-state index contributed by atoms with van der Waals surface area (Å²) in [6.45, 7) is 15.0. The topological polar surface area (TPSA) is 76.1 Å². The van der Waals surface area contributed by atoms with Crippen LogP contribution in [0.25, 0.3) is 0 Å². The van der Waals surface area contributed by atoms with E-state index in [0.29, 0.717) is 24.3 Å². The molecule has 0 radical (unpaired) electrons. The van der Waals surface area contributed by atoms with Crippen molar-refractivity contribution in [3.05, 3.63) is 11.6 Å². The van der Waals surface area contributed by atoms with Crippen LogP contribution >= 0.6 is 0 Å². The van der Waals surface area contributed by atoms with Gasteiger partial charge in [0.05, 0.1) is 12.1 Å². The van der Waals surface area contributed by atoms with E-state index in [-0.39, 0.29) is 6.04 Å². The van der Waals surface area contributed by atoms with Crippen molar-refractivity contribution in [1.29, 1.82) is 0 Å². The number of rotatable bonds is 5. The van der Waals surface area contributed by atoms with Crippen molar-refractivity contribution < 1.29 is 24.2 Å². The van der Waals surface area contributed by atoms with Crippen molar-refractivity contribution in [3.8, 4) is 0 Å². The van der Waals surface area contributed by atoms with Crippen molar-refractivity contribution in [3.63, 3.8) is 0 Å². The van der Waals surface area contributed by atoms with Gasteiger partial charge in [-0.25, -0.2) is 9.59 Å². The van der Waals surface area contributed by atoms with Crippen molar-refractivity contribution in [2.45, 2.75) is 91.7 Å². The van der Waals surface area contributed by atoms with Gasteiger partial charge in [0, 0.05) is 5.57 Å². The summed E-state index contributed by atoms with van der Waals surface area (Å²) < 4.78 is 11.6. The number of aliphatic carboxylic acids is 1. The number of hydrogen-bond donors (Lipinski definition) is 1. The van der Waals surface area contributed by atoms with Gasteiger partial charge in [0.2, 0.25) is 0 Å². The van der Waals surface area contributed by atoms with E-state index in [2.05, 4.69) is 13.8 Å². The molecule has 144 valence electrons. The molecule has 0 bridgehead atoms. The average Bonchev–Trinajstić information content (AvgIpc) is 2.63. The Morgan fingerprint density at radius 2 is 1.88 bits per heavy atom. The van der Waals surface area contributed by atoms with Crippen molar-refractivity contribution in [2.75, 3.05) is 0 Å². The minimum atomic E-state index is -0.956. The lowest BCUT2D eigenvalue weighted by Crippen LogP contribution is -2.50. The third-order valence-corrected chi connectivity index (χ3v) is 4.04. The Labute approximate surface area is 151 Å². The third-order valence-electron chi connectivity index (χ3n) is 4.04. The highest BCUT2D eigenvalue weighted by Gasteiger charge is 2.50. The molecule has 2 atom stereocenters. The van der Waals surface area contributed by atoms with E-state index in [0.717, 1.165) is 0 Å². The summed E-state index contributed by atoms with van der Waals surface area (Å²) in [6.07, 6.45) is 1.82. The van der Waals surface area contributed by atoms with E-state index >= 15 is 0 Å². The normalized spacial score (nSPS) is 23.9. The molecule has 0 aliphatic carbocycles. The molecule has 0 aromatic rings. The van der Waals surface area contributed by atoms with Gasteiger partial charge in [-0.15, -0.1) is 0 Å². The first-order valence-corrected chi connectivity index (χ1v) is 8.92. The fourth-order valence-corrected chi connectivity index (χ4v) is 3.09. The number of carbonyl (C=O) groups excluding carboxylic acids is 1. The molecule has 6 nitrogen and oxygen atoms in total. The van der Waals surface area contributed by atoms with Gasteiger partial charge in [0.25, 0.3) is 0 Å². The molecular weight excluding hydrogens is 322 g/mol. The zero-order chi connectivity index (χ0) is 19.6. The Morgan fingerprint density at radius 3 is 2.28 bits per heavy atom. The Bertz CT molecular complexity index is 530. The smallest absolute Gasteiger partial charge is 0.412 e. The maximum Gasteiger partial charge on any atom is 0.412 e. The van der Waals surface area contributed by atoms with Gasteiger partial charge in [-0.05, 0) is 59.5 Å². The summed E-state index contributed by atoms with van der Waals surface area (Å²) in [4.78, 5) is 25.8. The Morgan fingerprint density at radius 1 is 1.32 bits per heavy atom. The molecule has 1 amide bonds. The van der Waals surface area contributed by atoms with Crippen LogP contribution in [-0.4, -0.2) is 45.5 Å². The molecule has 0 saturated carbocycles. The number of ether oxygens (including phenoxy) is 2. The highest BCUT2D eigenvalue weighted by Crippen LogP contribution is 2.37. The lowest BCUT2D eigenvalue weighted by Gasteiger charge is -2.35. The van der Waals surface area contributed by atoms with Gasteiger partial charge in [0.1, 0.15) is 11.3 Å². The quantitative estimate of drug-likeness (QED) is 0.748. The molecule has 1 saturated heterocycles. The average molecular weight is 355 g/mol. The van der Waals surface area contributed by atoms with Gasteiger partial charge in [-0.1, -0.05) is 20.8 Å². The molecule has 25 heavy (non-hydrogen) atoms. The van der Waals surface area contributed by atoms with Crippen LogP contribution in [-0.2, 0) is 14.3 Å². The maximum atomic E-state index is 12.8. The Balaban J connectivity index is 3.25. The number of carboxylic acids is 1. The zero-order valence-corrected chi connectivity index (χ0v) is 16.8. The van der Waals surface area contributed by atoms with Crippen molar-refractivity contribution in [2.24, 2.45) is 5.92 Å². The molecule has 1 aliphatic heterocycles. The summed E-state index contributed by atoms with van der Waals surface area (Å²) in [5.41, 5.74) is -1.19. The lowest BCUT2D eigenvalue weighted by molar-refractivity contribution is -0.133. The molecule has 1 fully saturated rings.